The van der Waals surface area contributed by atoms with Crippen molar-refractivity contribution in [2.75, 3.05) is 35.6 Å². The third-order valence-corrected chi connectivity index (χ3v) is 7.47. The van der Waals surface area contributed by atoms with E-state index in [4.69, 9.17) is 0 Å². The molecule has 4 nitrogen and oxygen atoms in total. The molecule has 200 valence electrons. The maximum atomic E-state index is 3.41. The lowest BCUT2D eigenvalue weighted by Crippen LogP contribution is -1.98. The Morgan fingerprint density at radius 2 is 0.775 bits per heavy atom. The van der Waals surface area contributed by atoms with E-state index in [2.05, 4.69) is 150 Å². The number of fused-ring (bicyclic) bond motifs is 3. The summed E-state index contributed by atoms with van der Waals surface area (Å²) in [5.41, 5.74) is 11.9. The topological polar surface area (TPSA) is 41.0 Å². The SMILES string of the molecule is CCNc1ccc(-c2ccc3c(c2)c2cc(-c4ccc(NCC)cc4)ccc2n3-c2ccc(NCC)cc2)cc1. The predicted octanol–water partition coefficient (Wildman–Crippen LogP) is 9.41. The van der Waals surface area contributed by atoms with E-state index < -0.39 is 0 Å². The molecule has 5 aromatic carbocycles. The highest BCUT2D eigenvalue weighted by Gasteiger charge is 2.15. The van der Waals surface area contributed by atoms with Crippen molar-refractivity contribution in [2.24, 2.45) is 0 Å². The zero-order valence-corrected chi connectivity index (χ0v) is 23.5. The standard InChI is InChI=1S/C36H36N4/c1-4-37-29-13-7-25(8-14-29)27-11-21-35-33(23-27)34-24-28(26-9-15-30(16-10-26)38-5-2)12-22-36(34)40(35)32-19-17-31(18-20-32)39-6-3/h7-24,37-39H,4-6H2,1-3H3. The normalized spacial score (nSPS) is 11.2. The van der Waals surface area contributed by atoms with E-state index in [1.807, 2.05) is 0 Å². The second-order valence-corrected chi connectivity index (χ2v) is 10.1. The fourth-order valence-electron chi connectivity index (χ4n) is 5.56. The van der Waals surface area contributed by atoms with Crippen LogP contribution in [-0.2, 0) is 0 Å². The molecule has 0 aliphatic carbocycles. The van der Waals surface area contributed by atoms with E-state index in [0.717, 1.165) is 42.4 Å². The highest BCUT2D eigenvalue weighted by Crippen LogP contribution is 2.37. The molecule has 0 radical (unpaired) electrons. The van der Waals surface area contributed by atoms with Crippen LogP contribution in [0.5, 0.6) is 0 Å². The van der Waals surface area contributed by atoms with Crippen LogP contribution in [-0.4, -0.2) is 24.2 Å². The lowest BCUT2D eigenvalue weighted by Gasteiger charge is -2.11. The predicted molar refractivity (Wildman–Crippen MR) is 174 cm³/mol. The van der Waals surface area contributed by atoms with Crippen LogP contribution in [0.2, 0.25) is 0 Å². The number of nitrogens with one attached hydrogen (secondary N) is 3. The summed E-state index contributed by atoms with van der Waals surface area (Å²) in [5.74, 6) is 0. The zero-order chi connectivity index (χ0) is 27.5. The summed E-state index contributed by atoms with van der Waals surface area (Å²) < 4.78 is 2.39. The largest absolute Gasteiger partial charge is 0.385 e. The number of hydrogen-bond donors (Lipinski definition) is 3. The van der Waals surface area contributed by atoms with Gasteiger partial charge in [-0.05, 0) is 116 Å². The number of hydrogen-bond acceptors (Lipinski definition) is 3. The van der Waals surface area contributed by atoms with E-state index in [0.29, 0.717) is 0 Å². The first-order valence-electron chi connectivity index (χ1n) is 14.3. The van der Waals surface area contributed by atoms with Gasteiger partial charge in [0.15, 0.2) is 0 Å². The van der Waals surface area contributed by atoms with Gasteiger partial charge in [-0.15, -0.1) is 0 Å². The first-order chi connectivity index (χ1) is 19.7. The summed E-state index contributed by atoms with van der Waals surface area (Å²) in [6, 6.07) is 39.9. The summed E-state index contributed by atoms with van der Waals surface area (Å²) >= 11 is 0. The number of rotatable bonds is 9. The van der Waals surface area contributed by atoms with Gasteiger partial charge in [-0.25, -0.2) is 0 Å². The minimum atomic E-state index is 0.908. The maximum Gasteiger partial charge on any atom is 0.0541 e. The Kier molecular flexibility index (Phi) is 7.15. The molecule has 0 amide bonds. The van der Waals surface area contributed by atoms with Gasteiger partial charge in [0.25, 0.3) is 0 Å². The van der Waals surface area contributed by atoms with E-state index in [1.54, 1.807) is 0 Å². The van der Waals surface area contributed by atoms with Crippen LogP contribution in [0, 0.1) is 0 Å². The number of anilines is 3. The average molecular weight is 525 g/mol. The first-order valence-corrected chi connectivity index (χ1v) is 14.3. The molecule has 0 aliphatic rings. The van der Waals surface area contributed by atoms with Crippen LogP contribution >= 0.6 is 0 Å². The number of benzene rings is 5. The molecule has 4 heteroatoms. The van der Waals surface area contributed by atoms with Crippen molar-refractivity contribution in [3.05, 3.63) is 109 Å². The molecule has 0 atom stereocenters. The molecule has 0 bridgehead atoms. The molecule has 0 saturated carbocycles. The summed E-state index contributed by atoms with van der Waals surface area (Å²) in [6.07, 6.45) is 0. The smallest absolute Gasteiger partial charge is 0.0541 e. The summed E-state index contributed by atoms with van der Waals surface area (Å²) in [4.78, 5) is 0. The lowest BCUT2D eigenvalue weighted by molar-refractivity contribution is 1.17. The summed E-state index contributed by atoms with van der Waals surface area (Å²) in [7, 11) is 0. The van der Waals surface area contributed by atoms with Crippen molar-refractivity contribution < 1.29 is 0 Å². The third-order valence-electron chi connectivity index (χ3n) is 7.47. The van der Waals surface area contributed by atoms with Crippen molar-refractivity contribution >= 4 is 38.9 Å². The molecule has 1 heterocycles. The van der Waals surface area contributed by atoms with Crippen LogP contribution in [0.3, 0.4) is 0 Å². The maximum absolute atomic E-state index is 3.41. The first kappa shape index (κ1) is 25.6. The molecular weight excluding hydrogens is 488 g/mol. The number of nitrogens with zero attached hydrogens (tertiary/aromatic N) is 1. The Balaban J connectivity index is 1.51. The molecule has 0 saturated heterocycles. The fourth-order valence-corrected chi connectivity index (χ4v) is 5.56. The Labute approximate surface area is 236 Å². The molecular formula is C36H36N4. The third kappa shape index (κ3) is 4.89. The molecule has 0 aliphatic heterocycles. The van der Waals surface area contributed by atoms with E-state index >= 15 is 0 Å². The van der Waals surface area contributed by atoms with Crippen molar-refractivity contribution in [3.63, 3.8) is 0 Å². The van der Waals surface area contributed by atoms with Gasteiger partial charge in [0.2, 0.25) is 0 Å². The Morgan fingerprint density at radius 1 is 0.425 bits per heavy atom. The molecule has 0 fully saturated rings. The molecule has 1 aromatic heterocycles. The second kappa shape index (κ2) is 11.2. The van der Waals surface area contributed by atoms with Gasteiger partial charge in [0.05, 0.1) is 11.0 Å². The minimum Gasteiger partial charge on any atom is -0.385 e. The van der Waals surface area contributed by atoms with Crippen molar-refractivity contribution in [3.8, 4) is 27.9 Å². The van der Waals surface area contributed by atoms with Gasteiger partial charge in [-0.2, -0.15) is 0 Å². The monoisotopic (exact) mass is 524 g/mol. The minimum absolute atomic E-state index is 0.908. The number of aromatic nitrogens is 1. The molecule has 0 spiro atoms. The van der Waals surface area contributed by atoms with E-state index in [9.17, 15) is 0 Å². The molecule has 6 rings (SSSR count). The summed E-state index contributed by atoms with van der Waals surface area (Å²) in [5, 5.41) is 12.7. The van der Waals surface area contributed by atoms with Crippen LogP contribution in [0.25, 0.3) is 49.7 Å². The molecule has 0 unspecified atom stereocenters. The van der Waals surface area contributed by atoms with Crippen molar-refractivity contribution in [1.82, 2.24) is 4.57 Å². The lowest BCUT2D eigenvalue weighted by atomic mass is 10.00. The van der Waals surface area contributed by atoms with Crippen LogP contribution in [0.4, 0.5) is 17.1 Å². The van der Waals surface area contributed by atoms with Gasteiger partial charge in [-0.1, -0.05) is 36.4 Å². The van der Waals surface area contributed by atoms with Crippen LogP contribution < -0.4 is 16.0 Å². The van der Waals surface area contributed by atoms with Gasteiger partial charge < -0.3 is 20.5 Å². The Morgan fingerprint density at radius 3 is 1.15 bits per heavy atom. The van der Waals surface area contributed by atoms with E-state index in [-0.39, 0.29) is 0 Å². The van der Waals surface area contributed by atoms with Gasteiger partial charge in [0.1, 0.15) is 0 Å². The van der Waals surface area contributed by atoms with Crippen LogP contribution in [0.15, 0.2) is 109 Å². The Bertz CT molecular complexity index is 1640. The fraction of sp³-hybridized carbons (Fsp3) is 0.167. The zero-order valence-electron chi connectivity index (χ0n) is 23.5. The van der Waals surface area contributed by atoms with Gasteiger partial charge in [-0.3, -0.25) is 0 Å². The van der Waals surface area contributed by atoms with Gasteiger partial charge >= 0.3 is 0 Å². The molecule has 6 aromatic rings. The average Bonchev–Trinajstić information content (AvgIpc) is 3.32. The highest BCUT2D eigenvalue weighted by atomic mass is 15.0. The summed E-state index contributed by atoms with van der Waals surface area (Å²) in [6.45, 7) is 9.11. The van der Waals surface area contributed by atoms with E-state index in [1.165, 1.54) is 44.1 Å². The second-order valence-electron chi connectivity index (χ2n) is 10.1. The molecule has 3 N–H and O–H groups in total. The highest BCUT2D eigenvalue weighted by molar-refractivity contribution is 6.11. The van der Waals surface area contributed by atoms with Crippen LogP contribution in [0.1, 0.15) is 20.8 Å². The quantitative estimate of drug-likeness (QED) is 0.176. The molecule has 40 heavy (non-hydrogen) atoms. The van der Waals surface area contributed by atoms with Gasteiger partial charge in [0, 0.05) is 53.2 Å². The van der Waals surface area contributed by atoms with Crippen molar-refractivity contribution in [1.29, 1.82) is 0 Å². The Hall–Kier alpha value is -4.70. The van der Waals surface area contributed by atoms with Crippen molar-refractivity contribution in [2.45, 2.75) is 20.8 Å².